The standard InChI is InChI=1S/C28H22O2/c1-18(2)19-11-13-20(14-12-19)27-17-23(28(29)30-27)16-26-24-9-5-3-7-21(24)15-22-8-4-6-10-25(22)26/h3-18H,1-2H3/b23-16+. The summed E-state index contributed by atoms with van der Waals surface area (Å²) in [6, 6.07) is 27.0. The van der Waals surface area contributed by atoms with E-state index in [1.807, 2.05) is 48.6 Å². The Kier molecular flexibility index (Phi) is 4.48. The summed E-state index contributed by atoms with van der Waals surface area (Å²) in [6.45, 7) is 4.33. The second-order valence-corrected chi connectivity index (χ2v) is 8.01. The lowest BCUT2D eigenvalue weighted by Gasteiger charge is -2.08. The van der Waals surface area contributed by atoms with Crippen molar-refractivity contribution in [1.29, 1.82) is 0 Å². The van der Waals surface area contributed by atoms with Crippen LogP contribution in [0.1, 0.15) is 36.5 Å². The van der Waals surface area contributed by atoms with Crippen molar-refractivity contribution in [2.45, 2.75) is 19.8 Å². The highest BCUT2D eigenvalue weighted by molar-refractivity contribution is 6.12. The molecule has 5 rings (SSSR count). The summed E-state index contributed by atoms with van der Waals surface area (Å²) in [4.78, 5) is 12.7. The molecule has 30 heavy (non-hydrogen) atoms. The third kappa shape index (κ3) is 3.21. The summed E-state index contributed by atoms with van der Waals surface area (Å²) in [7, 11) is 0. The van der Waals surface area contributed by atoms with Crippen LogP contribution in [-0.4, -0.2) is 5.97 Å². The fraction of sp³-hybridized carbons (Fsp3) is 0.107. The molecule has 1 aliphatic heterocycles. The van der Waals surface area contributed by atoms with Crippen LogP contribution in [0.2, 0.25) is 0 Å². The highest BCUT2D eigenvalue weighted by atomic mass is 16.5. The van der Waals surface area contributed by atoms with Crippen LogP contribution in [0.3, 0.4) is 0 Å². The number of benzene rings is 4. The van der Waals surface area contributed by atoms with Crippen molar-refractivity contribution in [1.82, 2.24) is 0 Å². The van der Waals surface area contributed by atoms with E-state index in [4.69, 9.17) is 4.74 Å². The maximum absolute atomic E-state index is 12.7. The molecule has 0 radical (unpaired) electrons. The minimum Gasteiger partial charge on any atom is -0.422 e. The smallest absolute Gasteiger partial charge is 0.343 e. The lowest BCUT2D eigenvalue weighted by atomic mass is 9.95. The van der Waals surface area contributed by atoms with Crippen molar-refractivity contribution in [3.05, 3.63) is 107 Å². The van der Waals surface area contributed by atoms with Crippen LogP contribution in [0.5, 0.6) is 0 Å². The fourth-order valence-electron chi connectivity index (χ4n) is 4.02. The van der Waals surface area contributed by atoms with Gasteiger partial charge in [-0.3, -0.25) is 0 Å². The van der Waals surface area contributed by atoms with Gasteiger partial charge in [-0.2, -0.15) is 0 Å². The molecule has 0 atom stereocenters. The van der Waals surface area contributed by atoms with Gasteiger partial charge >= 0.3 is 5.97 Å². The van der Waals surface area contributed by atoms with Gasteiger partial charge in [-0.1, -0.05) is 86.6 Å². The Bertz CT molecular complexity index is 1280. The molecule has 0 bridgehead atoms. The number of carbonyl (C=O) groups is 1. The van der Waals surface area contributed by atoms with Crippen molar-refractivity contribution in [3.8, 4) is 0 Å². The van der Waals surface area contributed by atoms with Crippen LogP contribution in [0.25, 0.3) is 33.4 Å². The van der Waals surface area contributed by atoms with E-state index in [0.717, 1.165) is 32.7 Å². The van der Waals surface area contributed by atoms with Crippen LogP contribution in [-0.2, 0) is 9.53 Å². The minimum atomic E-state index is -0.310. The zero-order chi connectivity index (χ0) is 20.7. The molecule has 4 aromatic rings. The number of ether oxygens (including phenoxy) is 1. The lowest BCUT2D eigenvalue weighted by Crippen LogP contribution is -1.97. The summed E-state index contributed by atoms with van der Waals surface area (Å²) in [5.74, 6) is 0.760. The van der Waals surface area contributed by atoms with Crippen molar-refractivity contribution >= 4 is 39.3 Å². The Labute approximate surface area is 176 Å². The second kappa shape index (κ2) is 7.31. The van der Waals surface area contributed by atoms with Gasteiger partial charge in [0.25, 0.3) is 0 Å². The molecule has 146 valence electrons. The molecule has 0 saturated carbocycles. The van der Waals surface area contributed by atoms with Gasteiger partial charge in [-0.25, -0.2) is 4.79 Å². The number of cyclic esters (lactones) is 1. The topological polar surface area (TPSA) is 26.3 Å². The monoisotopic (exact) mass is 390 g/mol. The Morgan fingerprint density at radius 2 is 1.40 bits per heavy atom. The fourth-order valence-corrected chi connectivity index (χ4v) is 4.02. The molecular formula is C28H22O2. The van der Waals surface area contributed by atoms with Crippen molar-refractivity contribution < 1.29 is 9.53 Å². The number of carbonyl (C=O) groups excluding carboxylic acids is 1. The normalized spacial score (nSPS) is 15.2. The highest BCUT2D eigenvalue weighted by Gasteiger charge is 2.22. The number of hydrogen-bond acceptors (Lipinski definition) is 2. The second-order valence-electron chi connectivity index (χ2n) is 8.01. The number of hydrogen-bond donors (Lipinski definition) is 0. The van der Waals surface area contributed by atoms with E-state index >= 15 is 0 Å². The first-order valence-corrected chi connectivity index (χ1v) is 10.3. The molecule has 0 amide bonds. The summed E-state index contributed by atoms with van der Waals surface area (Å²) in [5.41, 5.74) is 3.79. The van der Waals surface area contributed by atoms with Gasteiger partial charge in [-0.15, -0.1) is 0 Å². The number of fused-ring (bicyclic) bond motifs is 2. The lowest BCUT2D eigenvalue weighted by molar-refractivity contribution is -0.130. The van der Waals surface area contributed by atoms with E-state index in [2.05, 4.69) is 56.3 Å². The summed E-state index contributed by atoms with van der Waals surface area (Å²) in [5, 5.41) is 4.56. The van der Waals surface area contributed by atoms with Crippen LogP contribution in [0, 0.1) is 0 Å². The van der Waals surface area contributed by atoms with E-state index in [0.29, 0.717) is 17.3 Å². The Morgan fingerprint density at radius 3 is 2.00 bits per heavy atom. The summed E-state index contributed by atoms with van der Waals surface area (Å²) < 4.78 is 5.61. The molecule has 0 unspecified atom stereocenters. The molecular weight excluding hydrogens is 368 g/mol. The van der Waals surface area contributed by atoms with Crippen molar-refractivity contribution in [2.75, 3.05) is 0 Å². The van der Waals surface area contributed by atoms with E-state index in [9.17, 15) is 4.79 Å². The molecule has 1 heterocycles. The maximum atomic E-state index is 12.7. The van der Waals surface area contributed by atoms with Crippen molar-refractivity contribution in [3.63, 3.8) is 0 Å². The zero-order valence-corrected chi connectivity index (χ0v) is 17.1. The SMILES string of the molecule is CC(C)c1ccc(C2=C/C(=C\c3c4ccccc4cc4ccccc34)C(=O)O2)cc1. The molecule has 2 nitrogen and oxygen atoms in total. The van der Waals surface area contributed by atoms with Gasteiger partial charge < -0.3 is 4.74 Å². The van der Waals surface area contributed by atoms with Gasteiger partial charge in [0.15, 0.2) is 0 Å². The molecule has 0 aromatic heterocycles. The Balaban J connectivity index is 1.64. The molecule has 0 spiro atoms. The summed E-state index contributed by atoms with van der Waals surface area (Å²) in [6.07, 6.45) is 3.81. The van der Waals surface area contributed by atoms with Gasteiger partial charge in [0.2, 0.25) is 0 Å². The number of esters is 1. The highest BCUT2D eigenvalue weighted by Crippen LogP contribution is 2.33. The predicted molar refractivity (Wildman–Crippen MR) is 124 cm³/mol. The Hall–Kier alpha value is -3.65. The molecule has 1 aliphatic rings. The molecule has 0 N–H and O–H groups in total. The van der Waals surface area contributed by atoms with Gasteiger partial charge in [0.1, 0.15) is 5.76 Å². The number of rotatable bonds is 3. The van der Waals surface area contributed by atoms with E-state index in [-0.39, 0.29) is 5.97 Å². The first-order valence-electron chi connectivity index (χ1n) is 10.3. The van der Waals surface area contributed by atoms with E-state index in [1.54, 1.807) is 0 Å². The average Bonchev–Trinajstić information content (AvgIpc) is 3.14. The maximum Gasteiger partial charge on any atom is 0.343 e. The third-order valence-corrected chi connectivity index (χ3v) is 5.70. The molecule has 0 saturated heterocycles. The quantitative estimate of drug-likeness (QED) is 0.212. The van der Waals surface area contributed by atoms with Crippen LogP contribution < -0.4 is 0 Å². The minimum absolute atomic E-state index is 0.310. The largest absolute Gasteiger partial charge is 0.422 e. The molecule has 0 aliphatic carbocycles. The third-order valence-electron chi connectivity index (χ3n) is 5.70. The van der Waals surface area contributed by atoms with Crippen LogP contribution in [0.15, 0.2) is 90.5 Å². The molecule has 0 fully saturated rings. The van der Waals surface area contributed by atoms with Gasteiger partial charge in [0.05, 0.1) is 5.57 Å². The first-order chi connectivity index (χ1) is 14.6. The summed E-state index contributed by atoms with van der Waals surface area (Å²) >= 11 is 0. The van der Waals surface area contributed by atoms with Crippen molar-refractivity contribution in [2.24, 2.45) is 0 Å². The van der Waals surface area contributed by atoms with Crippen LogP contribution >= 0.6 is 0 Å². The Morgan fingerprint density at radius 1 is 0.800 bits per heavy atom. The van der Waals surface area contributed by atoms with E-state index in [1.165, 1.54) is 5.56 Å². The first kappa shape index (κ1) is 18.4. The molecule has 2 heteroatoms. The van der Waals surface area contributed by atoms with Gasteiger partial charge in [0, 0.05) is 5.56 Å². The zero-order valence-electron chi connectivity index (χ0n) is 17.1. The predicted octanol–water partition coefficient (Wildman–Crippen LogP) is 7.10. The van der Waals surface area contributed by atoms with E-state index < -0.39 is 0 Å². The average molecular weight is 390 g/mol. The van der Waals surface area contributed by atoms with Crippen LogP contribution in [0.4, 0.5) is 0 Å². The molecule has 4 aromatic carbocycles. The van der Waals surface area contributed by atoms with Gasteiger partial charge in [-0.05, 0) is 56.8 Å².